The normalized spacial score (nSPS) is 12.3. The fraction of sp³-hybridized carbons (Fsp3) is 0.529. The largest absolute Gasteiger partial charge is 0.469 e. The number of carbonyl (C=O) groups excluding carboxylic acids is 2. The molecule has 1 aromatic rings. The maximum Gasteiger partial charge on any atom is 0.307 e. The Balaban J connectivity index is 2.09. The van der Waals surface area contributed by atoms with Crippen LogP contribution in [0, 0.1) is 5.92 Å². The molecule has 1 amide bonds. The molecule has 126 valence electrons. The quantitative estimate of drug-likeness (QED) is 0.722. The maximum absolute atomic E-state index is 12.7. The number of benzene rings is 1. The van der Waals surface area contributed by atoms with Crippen LogP contribution in [0.25, 0.3) is 0 Å². The third kappa shape index (κ3) is 4.61. The number of fused-ring (bicyclic) bond motifs is 1. The van der Waals surface area contributed by atoms with Crippen molar-refractivity contribution in [3.05, 3.63) is 23.8 Å². The fourth-order valence-corrected chi connectivity index (χ4v) is 2.27. The van der Waals surface area contributed by atoms with Gasteiger partial charge in [0, 0.05) is 18.7 Å². The standard InChI is InChI=1S/C17H23NO5/c1-12(2)6-8-18(9-7-16(19)21-3)17(20)13-4-5-14-15(10-13)23-11-22-14/h4-5,10,12H,6-9,11H2,1-3H3. The van der Waals surface area contributed by atoms with Gasteiger partial charge in [0.25, 0.3) is 5.91 Å². The summed E-state index contributed by atoms with van der Waals surface area (Å²) in [6.07, 6.45) is 1.06. The molecule has 2 rings (SSSR count). The van der Waals surface area contributed by atoms with Gasteiger partial charge >= 0.3 is 5.97 Å². The van der Waals surface area contributed by atoms with Gasteiger partial charge in [0.05, 0.1) is 13.5 Å². The minimum atomic E-state index is -0.321. The van der Waals surface area contributed by atoms with Crippen molar-refractivity contribution in [1.82, 2.24) is 4.90 Å². The number of rotatable bonds is 7. The van der Waals surface area contributed by atoms with Crippen molar-refractivity contribution in [1.29, 1.82) is 0 Å². The van der Waals surface area contributed by atoms with Crippen molar-refractivity contribution in [2.75, 3.05) is 27.0 Å². The minimum Gasteiger partial charge on any atom is -0.469 e. The van der Waals surface area contributed by atoms with E-state index in [0.29, 0.717) is 36.1 Å². The first-order valence-corrected chi connectivity index (χ1v) is 7.77. The van der Waals surface area contributed by atoms with Crippen LogP contribution in [0.4, 0.5) is 0 Å². The topological polar surface area (TPSA) is 65.1 Å². The molecule has 0 atom stereocenters. The van der Waals surface area contributed by atoms with Crippen molar-refractivity contribution in [2.24, 2.45) is 5.92 Å². The summed E-state index contributed by atoms with van der Waals surface area (Å²) >= 11 is 0. The van der Waals surface area contributed by atoms with E-state index in [9.17, 15) is 9.59 Å². The van der Waals surface area contributed by atoms with Gasteiger partial charge in [0.15, 0.2) is 11.5 Å². The fourth-order valence-electron chi connectivity index (χ4n) is 2.27. The van der Waals surface area contributed by atoms with Gasteiger partial charge in [-0.05, 0) is 30.5 Å². The molecule has 6 heteroatoms. The molecule has 0 fully saturated rings. The lowest BCUT2D eigenvalue weighted by atomic mass is 10.1. The van der Waals surface area contributed by atoms with E-state index in [1.54, 1.807) is 23.1 Å². The number of esters is 1. The highest BCUT2D eigenvalue weighted by Crippen LogP contribution is 2.32. The van der Waals surface area contributed by atoms with Crippen molar-refractivity contribution >= 4 is 11.9 Å². The van der Waals surface area contributed by atoms with Crippen LogP contribution in [0.1, 0.15) is 37.0 Å². The number of carbonyl (C=O) groups is 2. The molecule has 6 nitrogen and oxygen atoms in total. The number of amides is 1. The predicted molar refractivity (Wildman–Crippen MR) is 84.6 cm³/mol. The Hall–Kier alpha value is -2.24. The first-order chi connectivity index (χ1) is 11.0. The lowest BCUT2D eigenvalue weighted by Crippen LogP contribution is -2.34. The summed E-state index contributed by atoms with van der Waals surface area (Å²) < 4.78 is 15.2. The predicted octanol–water partition coefficient (Wildman–Crippen LogP) is 2.47. The van der Waals surface area contributed by atoms with Gasteiger partial charge in [-0.15, -0.1) is 0 Å². The van der Waals surface area contributed by atoms with E-state index < -0.39 is 0 Å². The molecule has 1 aliphatic rings. The maximum atomic E-state index is 12.7. The van der Waals surface area contributed by atoms with Gasteiger partial charge < -0.3 is 19.1 Å². The van der Waals surface area contributed by atoms with Crippen LogP contribution in [-0.2, 0) is 9.53 Å². The molecule has 1 aliphatic heterocycles. The number of ether oxygens (including phenoxy) is 3. The summed E-state index contributed by atoms with van der Waals surface area (Å²) in [4.78, 5) is 25.8. The zero-order valence-corrected chi connectivity index (χ0v) is 13.8. The molecule has 0 bridgehead atoms. The van der Waals surface area contributed by atoms with E-state index >= 15 is 0 Å². The first-order valence-electron chi connectivity index (χ1n) is 7.77. The van der Waals surface area contributed by atoms with Crippen molar-refractivity contribution in [3.63, 3.8) is 0 Å². The molecule has 0 radical (unpaired) electrons. The van der Waals surface area contributed by atoms with Crippen molar-refractivity contribution in [2.45, 2.75) is 26.7 Å². The Morgan fingerprint density at radius 3 is 2.65 bits per heavy atom. The lowest BCUT2D eigenvalue weighted by molar-refractivity contribution is -0.140. The second-order valence-corrected chi connectivity index (χ2v) is 5.87. The smallest absolute Gasteiger partial charge is 0.307 e. The van der Waals surface area contributed by atoms with Crippen LogP contribution in [0.15, 0.2) is 18.2 Å². The van der Waals surface area contributed by atoms with Crippen LogP contribution in [0.5, 0.6) is 11.5 Å². The van der Waals surface area contributed by atoms with Crippen molar-refractivity contribution < 1.29 is 23.8 Å². The van der Waals surface area contributed by atoms with E-state index in [2.05, 4.69) is 18.6 Å². The highest BCUT2D eigenvalue weighted by Gasteiger charge is 2.21. The Kier molecular flexibility index (Phi) is 5.84. The molecule has 0 saturated heterocycles. The molecule has 23 heavy (non-hydrogen) atoms. The van der Waals surface area contributed by atoms with Crippen LogP contribution < -0.4 is 9.47 Å². The van der Waals surface area contributed by atoms with Crippen LogP contribution in [0.2, 0.25) is 0 Å². The van der Waals surface area contributed by atoms with Crippen LogP contribution in [-0.4, -0.2) is 43.8 Å². The van der Waals surface area contributed by atoms with E-state index in [1.165, 1.54) is 7.11 Å². The number of nitrogens with zero attached hydrogens (tertiary/aromatic N) is 1. The van der Waals surface area contributed by atoms with Gasteiger partial charge in [0.1, 0.15) is 0 Å². The molecule has 0 unspecified atom stereocenters. The second kappa shape index (κ2) is 7.85. The average Bonchev–Trinajstić information content (AvgIpc) is 3.01. The average molecular weight is 321 g/mol. The molecule has 0 aromatic heterocycles. The van der Waals surface area contributed by atoms with E-state index in [-0.39, 0.29) is 25.1 Å². The van der Waals surface area contributed by atoms with Crippen molar-refractivity contribution in [3.8, 4) is 11.5 Å². The highest BCUT2D eigenvalue weighted by atomic mass is 16.7. The number of hydrogen-bond donors (Lipinski definition) is 0. The molecular formula is C17H23NO5. The van der Waals surface area contributed by atoms with Gasteiger partial charge in [-0.25, -0.2) is 0 Å². The minimum absolute atomic E-state index is 0.118. The Morgan fingerprint density at radius 1 is 1.22 bits per heavy atom. The molecule has 1 aromatic carbocycles. The molecule has 0 saturated carbocycles. The summed E-state index contributed by atoms with van der Waals surface area (Å²) in [5, 5.41) is 0. The van der Waals surface area contributed by atoms with E-state index in [4.69, 9.17) is 9.47 Å². The summed E-state index contributed by atoms with van der Waals surface area (Å²) in [7, 11) is 1.35. The van der Waals surface area contributed by atoms with Crippen LogP contribution in [0.3, 0.4) is 0 Å². The van der Waals surface area contributed by atoms with Gasteiger partial charge in [-0.1, -0.05) is 13.8 Å². The first kappa shape index (κ1) is 17.1. The van der Waals surface area contributed by atoms with E-state index in [0.717, 1.165) is 6.42 Å². The van der Waals surface area contributed by atoms with Gasteiger partial charge in [0.2, 0.25) is 6.79 Å². The number of hydrogen-bond acceptors (Lipinski definition) is 5. The summed E-state index contributed by atoms with van der Waals surface area (Å²) in [5.41, 5.74) is 0.530. The molecule has 0 aliphatic carbocycles. The summed E-state index contributed by atoms with van der Waals surface area (Å²) in [6.45, 7) is 5.31. The summed E-state index contributed by atoms with van der Waals surface area (Å²) in [6, 6.07) is 5.14. The molecule has 0 N–H and O–H groups in total. The SMILES string of the molecule is COC(=O)CCN(CCC(C)C)C(=O)c1ccc2c(c1)OCO2. The third-order valence-electron chi connectivity index (χ3n) is 3.70. The zero-order chi connectivity index (χ0) is 16.8. The van der Waals surface area contributed by atoms with E-state index in [1.807, 2.05) is 0 Å². The Labute approximate surface area is 136 Å². The monoisotopic (exact) mass is 321 g/mol. The summed E-state index contributed by atoms with van der Waals surface area (Å²) in [5.74, 6) is 1.25. The van der Waals surface area contributed by atoms with Gasteiger partial charge in [-0.2, -0.15) is 0 Å². The third-order valence-corrected chi connectivity index (χ3v) is 3.70. The zero-order valence-electron chi connectivity index (χ0n) is 13.8. The Morgan fingerprint density at radius 2 is 1.96 bits per heavy atom. The second-order valence-electron chi connectivity index (χ2n) is 5.87. The highest BCUT2D eigenvalue weighted by molar-refractivity contribution is 5.95. The van der Waals surface area contributed by atoms with Crippen LogP contribution >= 0.6 is 0 Å². The molecular weight excluding hydrogens is 298 g/mol. The molecule has 0 spiro atoms. The lowest BCUT2D eigenvalue weighted by Gasteiger charge is -2.23. The Bertz CT molecular complexity index is 570. The number of methoxy groups -OCH3 is 1. The van der Waals surface area contributed by atoms with Gasteiger partial charge in [-0.3, -0.25) is 9.59 Å². The molecule has 1 heterocycles.